The first-order valence-electron chi connectivity index (χ1n) is 9.05. The molecule has 1 aromatic heterocycles. The maximum atomic E-state index is 12.4. The molecule has 6 nitrogen and oxygen atoms in total. The van der Waals surface area contributed by atoms with Crippen LogP contribution in [-0.4, -0.2) is 38.9 Å². The lowest BCUT2D eigenvalue weighted by Gasteiger charge is -2.20. The molecule has 0 aliphatic heterocycles. The molecule has 0 spiro atoms. The van der Waals surface area contributed by atoms with Crippen molar-refractivity contribution in [3.63, 3.8) is 0 Å². The van der Waals surface area contributed by atoms with Crippen molar-refractivity contribution in [2.75, 3.05) is 13.1 Å². The lowest BCUT2D eigenvalue weighted by Crippen LogP contribution is -2.29. The van der Waals surface area contributed by atoms with Crippen LogP contribution in [0.15, 0.2) is 48.5 Å². The van der Waals surface area contributed by atoms with E-state index in [-0.39, 0.29) is 12.5 Å². The fourth-order valence-electron chi connectivity index (χ4n) is 2.99. The number of carbonyl (C=O) groups excluding carboxylic acids is 1. The highest BCUT2D eigenvalue weighted by Gasteiger charge is 2.10. The molecule has 1 amide bonds. The molecule has 0 aliphatic carbocycles. The minimum absolute atomic E-state index is 0.0710. The van der Waals surface area contributed by atoms with E-state index < -0.39 is 0 Å². The van der Waals surface area contributed by atoms with Gasteiger partial charge in [-0.25, -0.2) is 4.68 Å². The quantitative estimate of drug-likeness (QED) is 0.678. The van der Waals surface area contributed by atoms with Crippen molar-refractivity contribution in [2.24, 2.45) is 0 Å². The minimum atomic E-state index is -0.0710. The van der Waals surface area contributed by atoms with Crippen LogP contribution in [0.4, 0.5) is 0 Å². The molecule has 0 saturated heterocycles. The van der Waals surface area contributed by atoms with Crippen molar-refractivity contribution in [3.8, 4) is 0 Å². The molecule has 0 fully saturated rings. The molecular weight excluding hydrogens is 326 g/mol. The van der Waals surface area contributed by atoms with E-state index >= 15 is 0 Å². The molecule has 1 heterocycles. The molecule has 1 N–H and O–H groups in total. The predicted molar refractivity (Wildman–Crippen MR) is 102 cm³/mol. The number of amides is 1. The highest BCUT2D eigenvalue weighted by molar-refractivity contribution is 5.79. The SMILES string of the molecule is CCN(CC)Cc1ccccc1CNC(=O)Cn1nnc2ccccc21. The Labute approximate surface area is 153 Å². The fraction of sp³-hybridized carbons (Fsp3) is 0.350. The van der Waals surface area contributed by atoms with Gasteiger partial charge in [-0.05, 0) is 36.3 Å². The lowest BCUT2D eigenvalue weighted by molar-refractivity contribution is -0.121. The first-order valence-corrected chi connectivity index (χ1v) is 9.05. The first-order chi connectivity index (χ1) is 12.7. The molecule has 3 aromatic rings. The monoisotopic (exact) mass is 351 g/mol. The normalized spacial score (nSPS) is 11.2. The number of aromatic nitrogens is 3. The van der Waals surface area contributed by atoms with Crippen LogP contribution >= 0.6 is 0 Å². The molecule has 0 unspecified atom stereocenters. The van der Waals surface area contributed by atoms with Gasteiger partial charge >= 0.3 is 0 Å². The van der Waals surface area contributed by atoms with Crippen LogP contribution in [0.25, 0.3) is 11.0 Å². The molecule has 136 valence electrons. The Morgan fingerprint density at radius 3 is 2.50 bits per heavy atom. The van der Waals surface area contributed by atoms with Crippen LogP contribution in [0, 0.1) is 0 Å². The maximum absolute atomic E-state index is 12.4. The van der Waals surface area contributed by atoms with Gasteiger partial charge < -0.3 is 5.32 Å². The average Bonchev–Trinajstić information content (AvgIpc) is 3.08. The summed E-state index contributed by atoms with van der Waals surface area (Å²) in [6, 6.07) is 15.9. The van der Waals surface area contributed by atoms with E-state index in [0.717, 1.165) is 36.2 Å². The minimum Gasteiger partial charge on any atom is -0.350 e. The summed E-state index contributed by atoms with van der Waals surface area (Å²) in [6.45, 7) is 7.92. The van der Waals surface area contributed by atoms with Crippen molar-refractivity contribution in [1.82, 2.24) is 25.2 Å². The topological polar surface area (TPSA) is 63.1 Å². The number of rotatable bonds is 8. The van der Waals surface area contributed by atoms with E-state index in [1.807, 2.05) is 36.4 Å². The second-order valence-corrected chi connectivity index (χ2v) is 6.24. The highest BCUT2D eigenvalue weighted by atomic mass is 16.2. The summed E-state index contributed by atoms with van der Waals surface area (Å²) >= 11 is 0. The third-order valence-electron chi connectivity index (χ3n) is 4.60. The number of carbonyl (C=O) groups is 1. The number of fused-ring (bicyclic) bond motifs is 1. The zero-order valence-corrected chi connectivity index (χ0v) is 15.4. The molecule has 26 heavy (non-hydrogen) atoms. The Balaban J connectivity index is 1.63. The molecular formula is C20H25N5O. The standard InChI is InChI=1S/C20H25N5O/c1-3-24(4-2)14-17-10-6-5-9-16(17)13-21-20(26)15-25-19-12-8-7-11-18(19)22-23-25/h5-12H,3-4,13-15H2,1-2H3,(H,21,26). The molecule has 0 radical (unpaired) electrons. The highest BCUT2D eigenvalue weighted by Crippen LogP contribution is 2.12. The van der Waals surface area contributed by atoms with Gasteiger partial charge in [0.05, 0.1) is 5.52 Å². The van der Waals surface area contributed by atoms with Gasteiger partial charge in [-0.2, -0.15) is 0 Å². The predicted octanol–water partition coefficient (Wildman–Crippen LogP) is 2.59. The summed E-state index contributed by atoms with van der Waals surface area (Å²) in [5.41, 5.74) is 4.06. The van der Waals surface area contributed by atoms with Gasteiger partial charge in [0.15, 0.2) is 0 Å². The van der Waals surface area contributed by atoms with Crippen molar-refractivity contribution < 1.29 is 4.79 Å². The van der Waals surface area contributed by atoms with Gasteiger partial charge in [0.25, 0.3) is 0 Å². The number of hydrogen-bond donors (Lipinski definition) is 1. The molecule has 0 bridgehead atoms. The first kappa shape index (κ1) is 18.1. The Morgan fingerprint density at radius 1 is 1.04 bits per heavy atom. The smallest absolute Gasteiger partial charge is 0.242 e. The Kier molecular flexibility index (Phi) is 5.96. The summed E-state index contributed by atoms with van der Waals surface area (Å²) in [4.78, 5) is 14.7. The summed E-state index contributed by atoms with van der Waals surface area (Å²) in [5.74, 6) is -0.0710. The van der Waals surface area contributed by atoms with Crippen molar-refractivity contribution in [2.45, 2.75) is 33.5 Å². The van der Waals surface area contributed by atoms with Gasteiger partial charge in [-0.3, -0.25) is 9.69 Å². The van der Waals surface area contributed by atoms with E-state index in [9.17, 15) is 4.79 Å². The van der Waals surface area contributed by atoms with E-state index in [4.69, 9.17) is 0 Å². The van der Waals surface area contributed by atoms with Crippen molar-refractivity contribution in [1.29, 1.82) is 0 Å². The van der Waals surface area contributed by atoms with Gasteiger partial charge in [-0.15, -0.1) is 5.10 Å². The lowest BCUT2D eigenvalue weighted by atomic mass is 10.1. The zero-order valence-electron chi connectivity index (χ0n) is 15.4. The summed E-state index contributed by atoms with van der Waals surface area (Å²) in [7, 11) is 0. The maximum Gasteiger partial charge on any atom is 0.242 e. The van der Waals surface area contributed by atoms with Gasteiger partial charge in [0, 0.05) is 13.1 Å². The van der Waals surface area contributed by atoms with E-state index in [0.29, 0.717) is 6.54 Å². The summed E-state index contributed by atoms with van der Waals surface area (Å²) in [6.07, 6.45) is 0. The summed E-state index contributed by atoms with van der Waals surface area (Å²) < 4.78 is 1.63. The van der Waals surface area contributed by atoms with Crippen molar-refractivity contribution in [3.05, 3.63) is 59.7 Å². The van der Waals surface area contributed by atoms with E-state index in [1.165, 1.54) is 5.56 Å². The van der Waals surface area contributed by atoms with E-state index in [1.54, 1.807) is 4.68 Å². The number of nitrogens with one attached hydrogen (secondary N) is 1. The van der Waals surface area contributed by atoms with E-state index in [2.05, 4.69) is 46.5 Å². The van der Waals surface area contributed by atoms with Crippen LogP contribution in [0.1, 0.15) is 25.0 Å². The average molecular weight is 351 g/mol. The number of hydrogen-bond acceptors (Lipinski definition) is 4. The van der Waals surface area contributed by atoms with Crippen LogP contribution in [0.2, 0.25) is 0 Å². The molecule has 0 saturated carbocycles. The summed E-state index contributed by atoms with van der Waals surface area (Å²) in [5, 5.41) is 11.2. The molecule has 3 rings (SSSR count). The van der Waals surface area contributed by atoms with Gasteiger partial charge in [-0.1, -0.05) is 55.5 Å². The third-order valence-corrected chi connectivity index (χ3v) is 4.60. The van der Waals surface area contributed by atoms with Gasteiger partial charge in [0.2, 0.25) is 5.91 Å². The Bertz CT molecular complexity index is 869. The number of nitrogens with zero attached hydrogens (tertiary/aromatic N) is 4. The van der Waals surface area contributed by atoms with Crippen LogP contribution in [0.3, 0.4) is 0 Å². The van der Waals surface area contributed by atoms with Crippen molar-refractivity contribution >= 4 is 16.9 Å². The van der Waals surface area contributed by atoms with Crippen LogP contribution in [-0.2, 0) is 24.4 Å². The number of para-hydroxylation sites is 1. The molecule has 0 atom stereocenters. The second kappa shape index (κ2) is 8.58. The Morgan fingerprint density at radius 2 is 1.73 bits per heavy atom. The molecule has 0 aliphatic rings. The third kappa shape index (κ3) is 4.26. The second-order valence-electron chi connectivity index (χ2n) is 6.24. The Hall–Kier alpha value is -2.73. The van der Waals surface area contributed by atoms with Crippen LogP contribution < -0.4 is 5.32 Å². The molecule has 6 heteroatoms. The largest absolute Gasteiger partial charge is 0.350 e. The van der Waals surface area contributed by atoms with Gasteiger partial charge in [0.1, 0.15) is 12.1 Å². The zero-order chi connectivity index (χ0) is 18.4. The molecule has 2 aromatic carbocycles. The number of benzene rings is 2. The van der Waals surface area contributed by atoms with Crippen LogP contribution in [0.5, 0.6) is 0 Å². The fourth-order valence-corrected chi connectivity index (χ4v) is 2.99.